The Morgan fingerprint density at radius 2 is 1.77 bits per heavy atom. The number of hydroxylamine groups is 2. The van der Waals surface area contributed by atoms with Crippen molar-refractivity contribution in [2.75, 3.05) is 18.4 Å². The molecule has 2 aromatic heterocycles. The second kappa shape index (κ2) is 11.2. The first-order valence-electron chi connectivity index (χ1n) is 13.0. The van der Waals surface area contributed by atoms with E-state index in [0.29, 0.717) is 54.4 Å². The summed E-state index contributed by atoms with van der Waals surface area (Å²) in [6.45, 7) is 4.44. The Hall–Kier alpha value is -4.31. The van der Waals surface area contributed by atoms with Crippen molar-refractivity contribution in [2.24, 2.45) is 7.05 Å². The molecule has 1 N–H and O–H groups in total. The van der Waals surface area contributed by atoms with Crippen LogP contribution in [0.25, 0.3) is 22.5 Å². The van der Waals surface area contributed by atoms with Crippen LogP contribution in [0.4, 0.5) is 10.3 Å². The van der Waals surface area contributed by atoms with Gasteiger partial charge in [0.25, 0.3) is 5.56 Å². The maximum Gasteiger partial charge on any atom is 0.322 e. The molecule has 1 saturated heterocycles. The third-order valence-corrected chi connectivity index (χ3v) is 7.01. The predicted molar refractivity (Wildman–Crippen MR) is 146 cm³/mol. The Labute approximate surface area is 225 Å². The zero-order valence-electron chi connectivity index (χ0n) is 22.2. The van der Waals surface area contributed by atoms with E-state index >= 15 is 0 Å². The van der Waals surface area contributed by atoms with Crippen LogP contribution >= 0.6 is 0 Å². The van der Waals surface area contributed by atoms with Crippen molar-refractivity contribution in [3.63, 3.8) is 0 Å². The second-order valence-electron chi connectivity index (χ2n) is 9.69. The van der Waals surface area contributed by atoms with Gasteiger partial charge in [-0.3, -0.25) is 14.3 Å². The summed E-state index contributed by atoms with van der Waals surface area (Å²) in [7, 11) is 1.84. The summed E-state index contributed by atoms with van der Waals surface area (Å²) < 4.78 is 17.4. The highest BCUT2D eigenvalue weighted by molar-refractivity contribution is 5.79. The van der Waals surface area contributed by atoms with Crippen molar-refractivity contribution < 1.29 is 14.0 Å². The van der Waals surface area contributed by atoms with Crippen LogP contribution in [-0.4, -0.2) is 43.5 Å². The molecule has 0 radical (unpaired) electrons. The molecule has 0 bridgehead atoms. The lowest BCUT2D eigenvalue weighted by molar-refractivity contribution is -0.193. The van der Waals surface area contributed by atoms with Crippen LogP contribution in [0.5, 0.6) is 0 Å². The van der Waals surface area contributed by atoms with Crippen LogP contribution in [-0.2, 0) is 16.7 Å². The first-order chi connectivity index (χ1) is 18.8. The molecular formula is C29H31FN6O3. The molecule has 1 atom stereocenters. The van der Waals surface area contributed by atoms with Gasteiger partial charge in [0.1, 0.15) is 5.82 Å². The monoisotopic (exact) mass is 530 g/mol. The molecule has 0 aliphatic carbocycles. The van der Waals surface area contributed by atoms with E-state index in [0.717, 1.165) is 5.56 Å². The third-order valence-electron chi connectivity index (χ3n) is 7.01. The lowest BCUT2D eigenvalue weighted by atomic mass is 10.0. The number of benzene rings is 2. The number of carbonyl (C=O) groups is 1. The average molecular weight is 531 g/mol. The lowest BCUT2D eigenvalue weighted by Crippen LogP contribution is -2.39. The summed E-state index contributed by atoms with van der Waals surface area (Å²) in [6.07, 6.45) is 2.91. The fourth-order valence-electron chi connectivity index (χ4n) is 5.14. The van der Waals surface area contributed by atoms with Crippen molar-refractivity contribution in [2.45, 2.75) is 38.8 Å². The van der Waals surface area contributed by atoms with Gasteiger partial charge in [-0.25, -0.2) is 19.0 Å². The minimum atomic E-state index is -0.377. The van der Waals surface area contributed by atoms with E-state index in [4.69, 9.17) is 9.82 Å². The molecular weight excluding hydrogens is 499 g/mol. The largest absolute Gasteiger partial charge is 0.368 e. The van der Waals surface area contributed by atoms with Gasteiger partial charge in [-0.05, 0) is 49.1 Å². The molecule has 1 fully saturated rings. The summed E-state index contributed by atoms with van der Waals surface area (Å²) in [6, 6.07) is 17.5. The van der Waals surface area contributed by atoms with E-state index in [1.807, 2.05) is 49.0 Å². The van der Waals surface area contributed by atoms with E-state index in [-0.39, 0.29) is 29.4 Å². The third kappa shape index (κ3) is 5.61. The maximum absolute atomic E-state index is 14.0. The Balaban J connectivity index is 1.54. The molecule has 3 heterocycles. The molecule has 202 valence electrons. The molecule has 0 saturated carbocycles. The van der Waals surface area contributed by atoms with Crippen molar-refractivity contribution in [3.05, 3.63) is 88.6 Å². The first-order valence-corrected chi connectivity index (χ1v) is 13.0. The van der Waals surface area contributed by atoms with Crippen molar-refractivity contribution in [1.29, 1.82) is 0 Å². The number of hydrogen-bond donors (Lipinski definition) is 1. The topological polar surface area (TPSA) is 94.3 Å². The standard InChI is InChI=1S/C29H31FN6O3/c1-19(21-7-5-4-6-8-21)32-29-31-16-13-25(33-29)27-26(22-9-11-23(30)12-10-22)28(38)36(34(27)3)24-14-17-35(18-15-24)39-20(2)37/h4-13,16,19,24H,14-15,17-18H2,1-3H3,(H,31,32,33). The summed E-state index contributed by atoms with van der Waals surface area (Å²) >= 11 is 0. The number of halogens is 1. The quantitative estimate of drug-likeness (QED) is 0.369. The van der Waals surface area contributed by atoms with Gasteiger partial charge in [0.15, 0.2) is 0 Å². The maximum atomic E-state index is 14.0. The van der Waals surface area contributed by atoms with Crippen LogP contribution in [0.3, 0.4) is 0 Å². The van der Waals surface area contributed by atoms with Crippen LogP contribution in [0.1, 0.15) is 44.3 Å². The van der Waals surface area contributed by atoms with Crippen LogP contribution in [0.2, 0.25) is 0 Å². The molecule has 39 heavy (non-hydrogen) atoms. The molecule has 10 heteroatoms. The van der Waals surface area contributed by atoms with Gasteiger partial charge in [-0.2, -0.15) is 0 Å². The molecule has 1 aliphatic heterocycles. The van der Waals surface area contributed by atoms with Gasteiger partial charge in [-0.1, -0.05) is 42.5 Å². The van der Waals surface area contributed by atoms with E-state index in [2.05, 4.69) is 10.3 Å². The molecule has 4 aromatic rings. The van der Waals surface area contributed by atoms with E-state index in [1.165, 1.54) is 19.1 Å². The van der Waals surface area contributed by atoms with E-state index < -0.39 is 0 Å². The molecule has 2 aromatic carbocycles. The SMILES string of the molecule is CC(=O)ON1CCC(n2c(=O)c(-c3ccc(F)cc3)c(-c3ccnc(NC(C)c4ccccc4)n3)n2C)CC1. The van der Waals surface area contributed by atoms with Crippen LogP contribution < -0.4 is 10.9 Å². The van der Waals surface area contributed by atoms with Crippen LogP contribution in [0.15, 0.2) is 71.7 Å². The Bertz CT molecular complexity index is 1510. The minimum Gasteiger partial charge on any atom is -0.368 e. The smallest absolute Gasteiger partial charge is 0.322 e. The lowest BCUT2D eigenvalue weighted by Gasteiger charge is -2.31. The van der Waals surface area contributed by atoms with Crippen molar-refractivity contribution in [3.8, 4) is 22.5 Å². The number of anilines is 1. The number of rotatable bonds is 7. The Morgan fingerprint density at radius 1 is 1.08 bits per heavy atom. The molecule has 0 amide bonds. The number of carbonyl (C=O) groups excluding carboxylic acids is 1. The van der Waals surface area contributed by atoms with Gasteiger partial charge < -0.3 is 10.2 Å². The summed E-state index contributed by atoms with van der Waals surface area (Å²) in [5.41, 5.74) is 3.15. The van der Waals surface area contributed by atoms with Gasteiger partial charge in [0.2, 0.25) is 5.95 Å². The average Bonchev–Trinajstić information content (AvgIpc) is 3.19. The molecule has 1 aliphatic rings. The van der Waals surface area contributed by atoms with Crippen molar-refractivity contribution in [1.82, 2.24) is 24.4 Å². The predicted octanol–water partition coefficient (Wildman–Crippen LogP) is 4.74. The number of aromatic nitrogens is 4. The molecule has 1 unspecified atom stereocenters. The van der Waals surface area contributed by atoms with Crippen LogP contribution in [0, 0.1) is 5.82 Å². The highest BCUT2D eigenvalue weighted by Crippen LogP contribution is 2.32. The highest BCUT2D eigenvalue weighted by atomic mass is 19.1. The summed E-state index contributed by atoms with van der Waals surface area (Å²) in [5.74, 6) is -0.304. The van der Waals surface area contributed by atoms with Crippen molar-refractivity contribution >= 4 is 11.9 Å². The van der Waals surface area contributed by atoms with E-state index in [9.17, 15) is 14.0 Å². The van der Waals surface area contributed by atoms with Gasteiger partial charge >= 0.3 is 5.97 Å². The van der Waals surface area contributed by atoms with Gasteiger partial charge in [-0.15, -0.1) is 5.06 Å². The van der Waals surface area contributed by atoms with Gasteiger partial charge in [0, 0.05) is 33.3 Å². The molecule has 9 nitrogen and oxygen atoms in total. The molecule has 0 spiro atoms. The minimum absolute atomic E-state index is 0.0335. The van der Waals surface area contributed by atoms with Gasteiger partial charge in [0.05, 0.1) is 29.0 Å². The number of nitrogens with zero attached hydrogens (tertiary/aromatic N) is 5. The number of piperidine rings is 1. The number of nitrogens with one attached hydrogen (secondary N) is 1. The fourth-order valence-corrected chi connectivity index (χ4v) is 5.14. The van der Waals surface area contributed by atoms with E-state index in [1.54, 1.807) is 34.1 Å². The zero-order chi connectivity index (χ0) is 27.5. The second-order valence-corrected chi connectivity index (χ2v) is 9.69. The Kier molecular flexibility index (Phi) is 7.56. The number of hydrogen-bond acceptors (Lipinski definition) is 7. The summed E-state index contributed by atoms with van der Waals surface area (Å²) in [5, 5.41) is 4.98. The fraction of sp³-hybridized carbons (Fsp3) is 0.310. The normalized spacial score (nSPS) is 15.2. The highest BCUT2D eigenvalue weighted by Gasteiger charge is 2.29. The first kappa shape index (κ1) is 26.3. The Morgan fingerprint density at radius 3 is 2.44 bits per heavy atom. The zero-order valence-corrected chi connectivity index (χ0v) is 22.2. The molecule has 5 rings (SSSR count). The summed E-state index contributed by atoms with van der Waals surface area (Å²) in [4.78, 5) is 39.8.